The summed E-state index contributed by atoms with van der Waals surface area (Å²) in [6.07, 6.45) is 4.13. The van der Waals surface area contributed by atoms with Crippen LogP contribution < -0.4 is 15.7 Å². The highest BCUT2D eigenvalue weighted by Gasteiger charge is 2.49. The van der Waals surface area contributed by atoms with Crippen LogP contribution in [0.2, 0.25) is 5.04 Å². The van der Waals surface area contributed by atoms with Gasteiger partial charge in [0.15, 0.2) is 0 Å². The summed E-state index contributed by atoms with van der Waals surface area (Å²) >= 11 is 5.28. The van der Waals surface area contributed by atoms with E-state index in [1.807, 2.05) is 36.4 Å². The summed E-state index contributed by atoms with van der Waals surface area (Å²) in [6.45, 7) is 4.46. The fourth-order valence-corrected chi connectivity index (χ4v) is 7.95. The van der Waals surface area contributed by atoms with E-state index in [0.29, 0.717) is 6.04 Å². The number of benzene rings is 2. The van der Waals surface area contributed by atoms with Gasteiger partial charge in [0.1, 0.15) is 0 Å². The van der Waals surface area contributed by atoms with Crippen LogP contribution in [-0.2, 0) is 0 Å². The summed E-state index contributed by atoms with van der Waals surface area (Å²) in [5, 5.41) is 5.41. The average Bonchev–Trinajstić information content (AvgIpc) is 3.06. The van der Waals surface area contributed by atoms with Crippen molar-refractivity contribution in [3.63, 3.8) is 0 Å². The lowest BCUT2D eigenvalue weighted by atomic mass is 10.0. The molecule has 2 nitrogen and oxygen atoms in total. The van der Waals surface area contributed by atoms with Crippen LogP contribution in [-0.4, -0.2) is 24.1 Å². The standard InChI is InChI=1S/C21H27NOSSi/c1-21(2,16-15-17-13-14-20(24)22-17)25(23,18-9-5-3-6-10-18)19-11-7-4-8-12-19/h3-12,17,23H,13-16H2,1-2H3,(H,22,24)/t17-/m1/s1. The zero-order valence-corrected chi connectivity index (χ0v) is 16.9. The van der Waals surface area contributed by atoms with Crippen molar-refractivity contribution in [2.75, 3.05) is 0 Å². The summed E-state index contributed by atoms with van der Waals surface area (Å²) in [5.74, 6) is 0. The fraction of sp³-hybridized carbons (Fsp3) is 0.381. The minimum Gasteiger partial charge on any atom is -0.424 e. The molecule has 1 aliphatic heterocycles. The first-order valence-electron chi connectivity index (χ1n) is 9.06. The SMILES string of the molecule is CC(C)(CC[C@H]1CCC(=S)N1)[Si](O)(c1ccccc1)c1ccccc1. The molecule has 1 aliphatic rings. The van der Waals surface area contributed by atoms with Crippen LogP contribution in [0.3, 0.4) is 0 Å². The van der Waals surface area contributed by atoms with E-state index < -0.39 is 8.32 Å². The van der Waals surface area contributed by atoms with Crippen molar-refractivity contribution in [2.24, 2.45) is 0 Å². The van der Waals surface area contributed by atoms with Crippen molar-refractivity contribution in [3.05, 3.63) is 60.7 Å². The van der Waals surface area contributed by atoms with Crippen LogP contribution in [0.15, 0.2) is 60.7 Å². The predicted octanol–water partition coefficient (Wildman–Crippen LogP) is 3.38. The average molecular weight is 370 g/mol. The van der Waals surface area contributed by atoms with Crippen molar-refractivity contribution in [1.29, 1.82) is 0 Å². The molecular weight excluding hydrogens is 342 g/mol. The van der Waals surface area contributed by atoms with Gasteiger partial charge in [-0.05, 0) is 41.1 Å². The van der Waals surface area contributed by atoms with Gasteiger partial charge in [-0.2, -0.15) is 0 Å². The summed E-state index contributed by atoms with van der Waals surface area (Å²) in [6, 6.07) is 21.0. The zero-order valence-electron chi connectivity index (χ0n) is 15.0. The second-order valence-electron chi connectivity index (χ2n) is 7.67. The Bertz CT molecular complexity index is 678. The Hall–Kier alpha value is -1.49. The van der Waals surface area contributed by atoms with Gasteiger partial charge < -0.3 is 10.1 Å². The van der Waals surface area contributed by atoms with E-state index in [9.17, 15) is 4.80 Å². The van der Waals surface area contributed by atoms with Crippen LogP contribution >= 0.6 is 12.2 Å². The summed E-state index contributed by atoms with van der Waals surface area (Å²) in [7, 11) is -2.88. The lowest BCUT2D eigenvalue weighted by molar-refractivity contribution is 0.430. The highest BCUT2D eigenvalue weighted by atomic mass is 32.1. The molecule has 0 spiro atoms. The van der Waals surface area contributed by atoms with E-state index in [-0.39, 0.29) is 5.04 Å². The first-order chi connectivity index (χ1) is 11.9. The molecule has 2 aromatic rings. The van der Waals surface area contributed by atoms with Crippen molar-refractivity contribution in [3.8, 4) is 0 Å². The van der Waals surface area contributed by atoms with Gasteiger partial charge in [-0.25, -0.2) is 0 Å². The third-order valence-corrected chi connectivity index (χ3v) is 10.4. The third kappa shape index (κ3) is 3.71. The molecular formula is C21H27NOSSi. The van der Waals surface area contributed by atoms with Crippen molar-refractivity contribution >= 4 is 35.9 Å². The van der Waals surface area contributed by atoms with E-state index in [4.69, 9.17) is 12.2 Å². The number of hydrogen-bond acceptors (Lipinski definition) is 2. The lowest BCUT2D eigenvalue weighted by Gasteiger charge is -2.41. The monoisotopic (exact) mass is 369 g/mol. The highest BCUT2D eigenvalue weighted by Crippen LogP contribution is 2.40. The van der Waals surface area contributed by atoms with E-state index in [1.54, 1.807) is 0 Å². The first kappa shape index (κ1) is 18.3. The van der Waals surface area contributed by atoms with Crippen LogP contribution in [0.4, 0.5) is 0 Å². The Morgan fingerprint density at radius 1 is 1.04 bits per heavy atom. The Morgan fingerprint density at radius 2 is 1.56 bits per heavy atom. The minimum atomic E-state index is -2.88. The Kier molecular flexibility index (Phi) is 5.42. The molecule has 0 saturated carbocycles. The molecule has 4 heteroatoms. The fourth-order valence-electron chi connectivity index (χ4n) is 3.92. The molecule has 3 rings (SSSR count). The molecule has 0 radical (unpaired) electrons. The van der Waals surface area contributed by atoms with Gasteiger partial charge in [0.05, 0.1) is 4.99 Å². The van der Waals surface area contributed by atoms with Crippen molar-refractivity contribution < 1.29 is 4.80 Å². The van der Waals surface area contributed by atoms with Gasteiger partial charge in [0.2, 0.25) is 0 Å². The van der Waals surface area contributed by atoms with Gasteiger partial charge in [-0.15, -0.1) is 0 Å². The third-order valence-electron chi connectivity index (χ3n) is 5.57. The molecule has 1 saturated heterocycles. The second kappa shape index (κ2) is 7.40. The lowest BCUT2D eigenvalue weighted by Crippen LogP contribution is -2.65. The van der Waals surface area contributed by atoms with Crippen molar-refractivity contribution in [1.82, 2.24) is 5.32 Å². The molecule has 0 bridgehead atoms. The summed E-state index contributed by atoms with van der Waals surface area (Å²) in [5.41, 5.74) is 0. The Balaban J connectivity index is 1.92. The topological polar surface area (TPSA) is 32.3 Å². The van der Waals surface area contributed by atoms with Gasteiger partial charge in [0.25, 0.3) is 8.32 Å². The molecule has 0 aliphatic carbocycles. The van der Waals surface area contributed by atoms with Crippen molar-refractivity contribution in [2.45, 2.75) is 50.6 Å². The van der Waals surface area contributed by atoms with Gasteiger partial charge in [-0.3, -0.25) is 0 Å². The molecule has 0 unspecified atom stereocenters. The van der Waals surface area contributed by atoms with Gasteiger partial charge in [0, 0.05) is 6.04 Å². The molecule has 25 heavy (non-hydrogen) atoms. The molecule has 0 amide bonds. The molecule has 2 N–H and O–H groups in total. The number of rotatable bonds is 6. The summed E-state index contributed by atoms with van der Waals surface area (Å²) < 4.78 is 0. The van der Waals surface area contributed by atoms with E-state index in [2.05, 4.69) is 43.4 Å². The van der Waals surface area contributed by atoms with Crippen LogP contribution in [0, 0.1) is 0 Å². The predicted molar refractivity (Wildman–Crippen MR) is 112 cm³/mol. The Labute approximate surface area is 157 Å². The normalized spacial score (nSPS) is 18.2. The second-order valence-corrected chi connectivity index (χ2v) is 12.1. The molecule has 0 aromatic heterocycles. The van der Waals surface area contributed by atoms with E-state index in [0.717, 1.165) is 41.0 Å². The quantitative estimate of drug-likeness (QED) is 0.605. The number of nitrogens with one attached hydrogen (secondary N) is 1. The van der Waals surface area contributed by atoms with Gasteiger partial charge in [-0.1, -0.05) is 86.7 Å². The van der Waals surface area contributed by atoms with Gasteiger partial charge >= 0.3 is 0 Å². The van der Waals surface area contributed by atoms with E-state index >= 15 is 0 Å². The largest absolute Gasteiger partial charge is 0.424 e. The smallest absolute Gasteiger partial charge is 0.258 e. The van der Waals surface area contributed by atoms with Crippen LogP contribution in [0.25, 0.3) is 0 Å². The maximum atomic E-state index is 12.1. The maximum absolute atomic E-state index is 12.1. The molecule has 132 valence electrons. The van der Waals surface area contributed by atoms with E-state index in [1.165, 1.54) is 0 Å². The molecule has 2 aromatic carbocycles. The first-order valence-corrected chi connectivity index (χ1v) is 11.4. The number of hydrogen-bond donors (Lipinski definition) is 2. The molecule has 1 atom stereocenters. The molecule has 1 heterocycles. The Morgan fingerprint density at radius 3 is 2.00 bits per heavy atom. The minimum absolute atomic E-state index is 0.179. The van der Waals surface area contributed by atoms with Crippen LogP contribution in [0.1, 0.15) is 39.5 Å². The summed E-state index contributed by atoms with van der Waals surface area (Å²) in [4.78, 5) is 13.1. The maximum Gasteiger partial charge on any atom is 0.258 e. The molecule has 1 fully saturated rings. The van der Waals surface area contributed by atoms with Crippen LogP contribution in [0.5, 0.6) is 0 Å². The number of thiocarbonyl (C=S) groups is 1. The zero-order chi connectivity index (χ0) is 17.9. The highest BCUT2D eigenvalue weighted by molar-refractivity contribution is 7.80.